The Hall–Kier alpha value is -3.60. The van der Waals surface area contributed by atoms with Gasteiger partial charge in [-0.2, -0.15) is 0 Å². The number of amides is 1. The van der Waals surface area contributed by atoms with E-state index in [0.717, 1.165) is 33.3 Å². The normalized spacial score (nSPS) is 10.9. The number of aromatic hydroxyl groups is 1. The number of fused-ring (bicyclic) bond motifs is 1. The van der Waals surface area contributed by atoms with Crippen LogP contribution in [0.3, 0.4) is 0 Å². The van der Waals surface area contributed by atoms with Gasteiger partial charge in [-0.3, -0.25) is 4.79 Å². The number of hydrogen-bond acceptors (Lipinski definition) is 3. The van der Waals surface area contributed by atoms with Crippen molar-refractivity contribution in [3.63, 3.8) is 0 Å². The molecule has 0 saturated heterocycles. The summed E-state index contributed by atoms with van der Waals surface area (Å²) in [7, 11) is 0. The third-order valence-electron chi connectivity index (χ3n) is 4.47. The summed E-state index contributed by atoms with van der Waals surface area (Å²) in [4.78, 5) is 19.1. The zero-order chi connectivity index (χ0) is 18.1. The summed E-state index contributed by atoms with van der Waals surface area (Å²) in [5.41, 5.74) is 10.3. The molecule has 5 nitrogen and oxygen atoms in total. The molecule has 2 aromatic carbocycles. The lowest BCUT2D eigenvalue weighted by Crippen LogP contribution is -2.10. The topological polar surface area (TPSA) is 92.0 Å². The second kappa shape index (κ2) is 6.37. The third-order valence-corrected chi connectivity index (χ3v) is 4.47. The minimum atomic E-state index is -0.456. The van der Waals surface area contributed by atoms with Gasteiger partial charge in [0.25, 0.3) is 0 Å². The lowest BCUT2D eigenvalue weighted by atomic mass is 10.0. The maximum absolute atomic E-state index is 11.4. The largest absolute Gasteiger partial charge is 0.508 e. The predicted molar refractivity (Wildman–Crippen MR) is 101 cm³/mol. The number of H-pyrrole nitrogens is 1. The van der Waals surface area contributed by atoms with Crippen LogP contribution in [-0.2, 0) is 6.42 Å². The smallest absolute Gasteiger partial charge is 0.248 e. The molecule has 26 heavy (non-hydrogen) atoms. The van der Waals surface area contributed by atoms with E-state index in [1.165, 1.54) is 0 Å². The molecule has 2 heterocycles. The Labute approximate surface area is 150 Å². The minimum absolute atomic E-state index is 0.278. The standard InChI is InChI=1S/C21H17N3O2/c22-20(26)15-6-3-5-13(8-15)16-10-18-17(12-24-21(18)23-11-16)9-14-4-1-2-7-19(14)25/h1-8,10-12,25H,9H2,(H2,22,26)(H,23,24). The average molecular weight is 343 g/mol. The summed E-state index contributed by atoms with van der Waals surface area (Å²) in [6.45, 7) is 0. The van der Waals surface area contributed by atoms with Gasteiger partial charge in [0.15, 0.2) is 0 Å². The molecular weight excluding hydrogens is 326 g/mol. The van der Waals surface area contributed by atoms with Gasteiger partial charge in [0.1, 0.15) is 11.4 Å². The second-order valence-electron chi connectivity index (χ2n) is 6.18. The highest BCUT2D eigenvalue weighted by Crippen LogP contribution is 2.28. The lowest BCUT2D eigenvalue weighted by Gasteiger charge is -2.06. The Morgan fingerprint density at radius 2 is 1.88 bits per heavy atom. The van der Waals surface area contributed by atoms with Crippen LogP contribution in [0.2, 0.25) is 0 Å². The molecule has 0 spiro atoms. The zero-order valence-corrected chi connectivity index (χ0v) is 13.9. The summed E-state index contributed by atoms with van der Waals surface area (Å²) in [6, 6.07) is 16.5. The number of nitrogens with one attached hydrogen (secondary N) is 1. The molecule has 0 bridgehead atoms. The van der Waals surface area contributed by atoms with Gasteiger partial charge < -0.3 is 15.8 Å². The second-order valence-corrected chi connectivity index (χ2v) is 6.18. The first kappa shape index (κ1) is 15.9. The number of carbonyl (C=O) groups is 1. The molecule has 0 aliphatic carbocycles. The minimum Gasteiger partial charge on any atom is -0.508 e. The van der Waals surface area contributed by atoms with E-state index >= 15 is 0 Å². The number of aromatic nitrogens is 2. The first-order valence-corrected chi connectivity index (χ1v) is 8.25. The fourth-order valence-electron chi connectivity index (χ4n) is 3.08. The number of primary amides is 1. The Kier molecular flexibility index (Phi) is 3.89. The van der Waals surface area contributed by atoms with E-state index in [4.69, 9.17) is 5.73 Å². The number of rotatable bonds is 4. The number of nitrogens with two attached hydrogens (primary N) is 1. The Balaban J connectivity index is 1.76. The van der Waals surface area contributed by atoms with Crippen molar-refractivity contribution in [3.8, 4) is 16.9 Å². The van der Waals surface area contributed by atoms with Gasteiger partial charge in [0, 0.05) is 35.3 Å². The highest BCUT2D eigenvalue weighted by molar-refractivity contribution is 5.94. The molecule has 2 aromatic heterocycles. The number of hydrogen-bond donors (Lipinski definition) is 3. The van der Waals surface area contributed by atoms with Crippen molar-refractivity contribution in [3.05, 3.63) is 83.7 Å². The van der Waals surface area contributed by atoms with E-state index < -0.39 is 5.91 Å². The zero-order valence-electron chi connectivity index (χ0n) is 13.9. The van der Waals surface area contributed by atoms with Gasteiger partial charge in [-0.05, 0) is 41.0 Å². The molecule has 4 N–H and O–H groups in total. The molecule has 0 aliphatic heterocycles. The number of pyridine rings is 1. The molecule has 1 amide bonds. The Morgan fingerprint density at radius 1 is 1.04 bits per heavy atom. The molecule has 0 atom stereocenters. The number of phenolic OH excluding ortho intramolecular Hbond substituents is 1. The average Bonchev–Trinajstić information content (AvgIpc) is 3.06. The number of aromatic amines is 1. The molecule has 4 aromatic rings. The van der Waals surface area contributed by atoms with Crippen LogP contribution in [0.5, 0.6) is 5.75 Å². The van der Waals surface area contributed by atoms with E-state index in [-0.39, 0.29) is 5.75 Å². The quantitative estimate of drug-likeness (QED) is 0.528. The molecule has 0 aliphatic rings. The summed E-state index contributed by atoms with van der Waals surface area (Å²) in [5.74, 6) is -0.178. The van der Waals surface area contributed by atoms with E-state index in [9.17, 15) is 9.90 Å². The number of phenols is 1. The third kappa shape index (κ3) is 2.91. The lowest BCUT2D eigenvalue weighted by molar-refractivity contribution is 0.100. The van der Waals surface area contributed by atoms with Crippen LogP contribution in [-0.4, -0.2) is 21.0 Å². The fourth-order valence-corrected chi connectivity index (χ4v) is 3.08. The number of benzene rings is 2. The van der Waals surface area contributed by atoms with Gasteiger partial charge in [0.2, 0.25) is 5.91 Å². The summed E-state index contributed by atoms with van der Waals surface area (Å²) >= 11 is 0. The number of para-hydroxylation sites is 1. The van der Waals surface area contributed by atoms with Crippen molar-refractivity contribution in [2.75, 3.05) is 0 Å². The van der Waals surface area contributed by atoms with E-state index in [2.05, 4.69) is 9.97 Å². The van der Waals surface area contributed by atoms with E-state index in [1.807, 2.05) is 30.5 Å². The summed E-state index contributed by atoms with van der Waals surface area (Å²) in [5, 5.41) is 11.0. The molecule has 4 rings (SSSR count). The first-order valence-electron chi connectivity index (χ1n) is 8.25. The van der Waals surface area contributed by atoms with Gasteiger partial charge in [-0.15, -0.1) is 0 Å². The van der Waals surface area contributed by atoms with Gasteiger partial charge >= 0.3 is 0 Å². The highest BCUT2D eigenvalue weighted by Gasteiger charge is 2.10. The number of carbonyl (C=O) groups excluding carboxylic acids is 1. The number of nitrogens with zero attached hydrogens (tertiary/aromatic N) is 1. The van der Waals surface area contributed by atoms with Crippen molar-refractivity contribution >= 4 is 16.9 Å². The summed E-state index contributed by atoms with van der Waals surface area (Å²) < 4.78 is 0. The van der Waals surface area contributed by atoms with Crippen molar-refractivity contribution in [2.24, 2.45) is 5.73 Å². The maximum Gasteiger partial charge on any atom is 0.248 e. The first-order chi connectivity index (χ1) is 12.6. The SMILES string of the molecule is NC(=O)c1cccc(-c2cnc3[nH]cc(Cc4ccccc4O)c3c2)c1. The molecular formula is C21H17N3O2. The molecule has 128 valence electrons. The van der Waals surface area contributed by atoms with Crippen LogP contribution in [0.4, 0.5) is 0 Å². The van der Waals surface area contributed by atoms with Crippen LogP contribution in [0.15, 0.2) is 67.0 Å². The van der Waals surface area contributed by atoms with Crippen molar-refractivity contribution in [2.45, 2.75) is 6.42 Å². The summed E-state index contributed by atoms with van der Waals surface area (Å²) in [6.07, 6.45) is 4.27. The van der Waals surface area contributed by atoms with Crippen LogP contribution in [0.25, 0.3) is 22.2 Å². The molecule has 5 heteroatoms. The molecule has 0 radical (unpaired) electrons. The van der Waals surface area contributed by atoms with Gasteiger partial charge in [0.05, 0.1) is 0 Å². The van der Waals surface area contributed by atoms with Crippen molar-refractivity contribution in [1.82, 2.24) is 9.97 Å². The van der Waals surface area contributed by atoms with Crippen LogP contribution >= 0.6 is 0 Å². The Bertz CT molecular complexity index is 1120. The van der Waals surface area contributed by atoms with Crippen molar-refractivity contribution in [1.29, 1.82) is 0 Å². The maximum atomic E-state index is 11.4. The highest BCUT2D eigenvalue weighted by atomic mass is 16.3. The Morgan fingerprint density at radius 3 is 2.69 bits per heavy atom. The van der Waals surface area contributed by atoms with Crippen LogP contribution in [0, 0.1) is 0 Å². The van der Waals surface area contributed by atoms with Crippen LogP contribution < -0.4 is 5.73 Å². The van der Waals surface area contributed by atoms with E-state index in [0.29, 0.717) is 12.0 Å². The van der Waals surface area contributed by atoms with Gasteiger partial charge in [-0.25, -0.2) is 4.98 Å². The monoisotopic (exact) mass is 343 g/mol. The van der Waals surface area contributed by atoms with Crippen LogP contribution in [0.1, 0.15) is 21.5 Å². The molecule has 0 fully saturated rings. The fraction of sp³-hybridized carbons (Fsp3) is 0.0476. The molecule has 0 saturated carbocycles. The molecule has 0 unspecified atom stereocenters. The van der Waals surface area contributed by atoms with Gasteiger partial charge in [-0.1, -0.05) is 30.3 Å². The predicted octanol–water partition coefficient (Wildman–Crippen LogP) is 3.63. The van der Waals surface area contributed by atoms with Crippen molar-refractivity contribution < 1.29 is 9.90 Å². The van der Waals surface area contributed by atoms with E-state index in [1.54, 1.807) is 36.5 Å².